The van der Waals surface area contributed by atoms with Gasteiger partial charge in [-0.2, -0.15) is 0 Å². The third-order valence-electron chi connectivity index (χ3n) is 6.66. The molecule has 5 atom stereocenters. The summed E-state index contributed by atoms with van der Waals surface area (Å²) in [7, 11) is 0. The van der Waals surface area contributed by atoms with Gasteiger partial charge >= 0.3 is 5.97 Å². The molecule has 172 valence electrons. The highest BCUT2D eigenvalue weighted by Crippen LogP contribution is 2.58. The quantitative estimate of drug-likeness (QED) is 0.299. The van der Waals surface area contributed by atoms with Gasteiger partial charge in [0.25, 0.3) is 0 Å². The Labute approximate surface area is 183 Å². The summed E-state index contributed by atoms with van der Waals surface area (Å²) < 4.78 is 11.7. The number of aliphatic hydroxyl groups excluding tert-OH is 1. The van der Waals surface area contributed by atoms with Gasteiger partial charge in [-0.15, -0.1) is 13.2 Å². The van der Waals surface area contributed by atoms with Gasteiger partial charge in [0.1, 0.15) is 11.6 Å². The van der Waals surface area contributed by atoms with E-state index in [9.17, 15) is 19.5 Å². The fourth-order valence-electron chi connectivity index (χ4n) is 5.37. The Bertz CT molecular complexity index is 738. The monoisotopic (exact) mass is 434 g/mol. The number of likely N-dealkylation sites (tertiary alicyclic amines) is 1. The van der Waals surface area contributed by atoms with Gasteiger partial charge in [-0.05, 0) is 39.5 Å². The highest BCUT2D eigenvalue weighted by atomic mass is 16.6. The van der Waals surface area contributed by atoms with Gasteiger partial charge in [0.2, 0.25) is 11.8 Å². The number of ether oxygens (including phenoxy) is 2. The summed E-state index contributed by atoms with van der Waals surface area (Å²) in [5.74, 6) is -2.37. The highest BCUT2D eigenvalue weighted by Gasteiger charge is 2.75. The van der Waals surface area contributed by atoms with Crippen molar-refractivity contribution in [3.63, 3.8) is 0 Å². The second-order valence-electron chi connectivity index (χ2n) is 8.78. The van der Waals surface area contributed by atoms with Crippen molar-refractivity contribution in [1.82, 2.24) is 9.80 Å². The summed E-state index contributed by atoms with van der Waals surface area (Å²) in [6, 6.07) is -0.913. The molecule has 0 aliphatic carbocycles. The van der Waals surface area contributed by atoms with E-state index in [-0.39, 0.29) is 37.6 Å². The molecule has 3 rings (SSSR count). The minimum Gasteiger partial charge on any atom is -0.465 e. The second kappa shape index (κ2) is 9.53. The minimum atomic E-state index is -1.04. The maximum absolute atomic E-state index is 13.7. The molecule has 2 amide bonds. The van der Waals surface area contributed by atoms with Crippen LogP contribution >= 0.6 is 0 Å². The molecule has 0 radical (unpaired) electrons. The van der Waals surface area contributed by atoms with Crippen LogP contribution < -0.4 is 0 Å². The fraction of sp³-hybridized carbons (Fsp3) is 0.696. The molecule has 8 heteroatoms. The van der Waals surface area contributed by atoms with Crippen molar-refractivity contribution in [2.75, 3.05) is 26.3 Å². The van der Waals surface area contributed by atoms with Crippen molar-refractivity contribution < 1.29 is 29.0 Å². The van der Waals surface area contributed by atoms with Crippen LogP contribution in [0, 0.1) is 11.8 Å². The van der Waals surface area contributed by atoms with Gasteiger partial charge in [0, 0.05) is 25.7 Å². The Morgan fingerprint density at radius 1 is 1.39 bits per heavy atom. The summed E-state index contributed by atoms with van der Waals surface area (Å²) in [5, 5.41) is 9.35. The molecule has 0 saturated carbocycles. The summed E-state index contributed by atoms with van der Waals surface area (Å²) in [6.07, 6.45) is 4.92. The molecule has 3 fully saturated rings. The van der Waals surface area contributed by atoms with E-state index >= 15 is 0 Å². The molecule has 1 N–H and O–H groups in total. The van der Waals surface area contributed by atoms with E-state index in [1.807, 2.05) is 13.8 Å². The first kappa shape index (κ1) is 23.5. The lowest BCUT2D eigenvalue weighted by atomic mass is 9.70. The lowest BCUT2D eigenvalue weighted by molar-refractivity contribution is -0.155. The smallest absolute Gasteiger partial charge is 0.312 e. The summed E-state index contributed by atoms with van der Waals surface area (Å²) in [6.45, 7) is 11.9. The third kappa shape index (κ3) is 3.91. The molecule has 1 spiro atoms. The predicted octanol–water partition coefficient (Wildman–Crippen LogP) is 1.29. The first-order valence-corrected chi connectivity index (χ1v) is 11.1. The third-order valence-corrected chi connectivity index (χ3v) is 6.66. The van der Waals surface area contributed by atoms with E-state index in [0.717, 1.165) is 0 Å². The number of nitrogens with zero attached hydrogens (tertiary/aromatic N) is 2. The minimum absolute atomic E-state index is 0.0889. The van der Waals surface area contributed by atoms with Crippen molar-refractivity contribution in [2.45, 2.75) is 63.3 Å². The molecular formula is C23H34N2O6. The van der Waals surface area contributed by atoms with Crippen LogP contribution in [-0.4, -0.2) is 82.8 Å². The fourth-order valence-corrected chi connectivity index (χ4v) is 5.37. The molecule has 0 aromatic rings. The molecular weight excluding hydrogens is 400 g/mol. The lowest BCUT2D eigenvalue weighted by Gasteiger charge is -2.38. The zero-order valence-electron chi connectivity index (χ0n) is 18.5. The predicted molar refractivity (Wildman–Crippen MR) is 114 cm³/mol. The molecule has 2 unspecified atom stereocenters. The lowest BCUT2D eigenvalue weighted by Crippen LogP contribution is -2.57. The topological polar surface area (TPSA) is 96.4 Å². The molecule has 0 aromatic carbocycles. The van der Waals surface area contributed by atoms with Crippen molar-refractivity contribution in [1.29, 1.82) is 0 Å². The van der Waals surface area contributed by atoms with Crippen LogP contribution in [0.3, 0.4) is 0 Å². The number of amides is 2. The molecule has 31 heavy (non-hydrogen) atoms. The Balaban J connectivity index is 1.96. The van der Waals surface area contributed by atoms with Crippen LogP contribution in [0.2, 0.25) is 0 Å². The SMILES string of the molecule is C=CCCOC(=O)[C@@H]1[C@H]2C(=O)N(CCCO)C(C(=O)N(CC=C)C(C)C)C23CC[C@H]1O3. The van der Waals surface area contributed by atoms with Crippen LogP contribution in [0.5, 0.6) is 0 Å². The molecule has 2 bridgehead atoms. The van der Waals surface area contributed by atoms with Gasteiger partial charge in [-0.3, -0.25) is 14.4 Å². The van der Waals surface area contributed by atoms with Crippen LogP contribution in [0.4, 0.5) is 0 Å². The van der Waals surface area contributed by atoms with Gasteiger partial charge in [-0.25, -0.2) is 0 Å². The molecule has 3 aliphatic rings. The Hall–Kier alpha value is -2.19. The van der Waals surface area contributed by atoms with Gasteiger partial charge in [-0.1, -0.05) is 12.2 Å². The van der Waals surface area contributed by atoms with E-state index in [0.29, 0.717) is 32.2 Å². The zero-order valence-corrected chi connectivity index (χ0v) is 18.5. The molecule has 8 nitrogen and oxygen atoms in total. The molecule has 3 heterocycles. The number of carbonyl (C=O) groups is 3. The maximum Gasteiger partial charge on any atom is 0.312 e. The standard InChI is InChI=1S/C23H34N2O6/c1-5-7-14-30-22(29)17-16-9-10-23(31-16)18(17)20(27)25(12-8-13-26)19(23)21(28)24(11-6-2)15(3)4/h5-6,15-19,26H,1-2,7-14H2,3-4H3/t16-,17+,18+,19?,23?/m1/s1. The van der Waals surface area contributed by atoms with E-state index in [4.69, 9.17) is 9.47 Å². The largest absolute Gasteiger partial charge is 0.465 e. The van der Waals surface area contributed by atoms with E-state index < -0.39 is 35.6 Å². The van der Waals surface area contributed by atoms with Crippen molar-refractivity contribution >= 4 is 17.8 Å². The number of hydrogen-bond donors (Lipinski definition) is 1. The van der Waals surface area contributed by atoms with Crippen molar-refractivity contribution in [3.8, 4) is 0 Å². The average molecular weight is 435 g/mol. The highest BCUT2D eigenvalue weighted by molar-refractivity contribution is 5.98. The van der Waals surface area contributed by atoms with Crippen molar-refractivity contribution in [3.05, 3.63) is 25.3 Å². The average Bonchev–Trinajstić information content (AvgIpc) is 3.37. The van der Waals surface area contributed by atoms with Gasteiger partial charge in [0.05, 0.1) is 24.5 Å². The Morgan fingerprint density at radius 3 is 2.74 bits per heavy atom. The number of aliphatic hydroxyl groups is 1. The number of rotatable bonds is 11. The number of fused-ring (bicyclic) bond motifs is 1. The molecule has 3 saturated heterocycles. The Kier molecular flexibility index (Phi) is 7.21. The second-order valence-corrected chi connectivity index (χ2v) is 8.78. The molecule has 3 aliphatic heterocycles. The first-order valence-electron chi connectivity index (χ1n) is 11.1. The van der Waals surface area contributed by atoms with Gasteiger partial charge < -0.3 is 24.4 Å². The molecule has 0 aromatic heterocycles. The maximum atomic E-state index is 13.7. The number of carbonyl (C=O) groups excluding carboxylic acids is 3. The van der Waals surface area contributed by atoms with Crippen LogP contribution in [-0.2, 0) is 23.9 Å². The number of hydrogen-bond acceptors (Lipinski definition) is 6. The summed E-state index contributed by atoms with van der Waals surface area (Å²) >= 11 is 0. The van der Waals surface area contributed by atoms with Crippen molar-refractivity contribution in [2.24, 2.45) is 11.8 Å². The number of esters is 1. The summed E-state index contributed by atoms with van der Waals surface area (Å²) in [5.41, 5.74) is -1.04. The first-order chi connectivity index (χ1) is 14.8. The van der Waals surface area contributed by atoms with E-state index in [1.54, 1.807) is 17.1 Å². The van der Waals surface area contributed by atoms with Gasteiger partial charge in [0.15, 0.2) is 0 Å². The van der Waals surface area contributed by atoms with E-state index in [1.165, 1.54) is 4.90 Å². The van der Waals surface area contributed by atoms with Crippen LogP contribution in [0.25, 0.3) is 0 Å². The Morgan fingerprint density at radius 2 is 2.13 bits per heavy atom. The van der Waals surface area contributed by atoms with Crippen LogP contribution in [0.15, 0.2) is 25.3 Å². The zero-order chi connectivity index (χ0) is 22.8. The van der Waals surface area contributed by atoms with Crippen LogP contribution in [0.1, 0.15) is 39.5 Å². The normalized spacial score (nSPS) is 31.1. The van der Waals surface area contributed by atoms with E-state index in [2.05, 4.69) is 13.2 Å². The summed E-state index contributed by atoms with van der Waals surface area (Å²) in [4.78, 5) is 43.3.